The highest BCUT2D eigenvalue weighted by atomic mass is 35.5. The van der Waals surface area contributed by atoms with Crippen LogP contribution in [-0.2, 0) is 4.79 Å². The van der Waals surface area contributed by atoms with Crippen molar-refractivity contribution in [3.63, 3.8) is 0 Å². The van der Waals surface area contributed by atoms with E-state index in [1.165, 1.54) is 39.5 Å². The highest BCUT2D eigenvalue weighted by molar-refractivity contribution is 6.32. The van der Waals surface area contributed by atoms with Crippen molar-refractivity contribution in [2.45, 2.75) is 0 Å². The number of methoxy groups -OCH3 is 3. The first-order valence-electron chi connectivity index (χ1n) is 7.71. The van der Waals surface area contributed by atoms with Crippen molar-refractivity contribution in [1.29, 1.82) is 0 Å². The number of carbonyl (C=O) groups is 2. The summed E-state index contributed by atoms with van der Waals surface area (Å²) in [6.45, 7) is -0.320. The molecule has 2 aromatic carbocycles. The molecule has 8 nitrogen and oxygen atoms in total. The van der Waals surface area contributed by atoms with E-state index in [0.717, 1.165) is 0 Å². The van der Waals surface area contributed by atoms with Gasteiger partial charge in [-0.05, 0) is 24.3 Å². The van der Waals surface area contributed by atoms with Crippen LogP contribution in [-0.4, -0.2) is 39.8 Å². The second-order valence-electron chi connectivity index (χ2n) is 5.27. The number of halogens is 1. The Bertz CT molecular complexity index is 856. The monoisotopic (exact) mass is 394 g/mol. The largest absolute Gasteiger partial charge is 0.493 e. The average Bonchev–Trinajstić information content (AvgIpc) is 2.65. The molecular weight excluding hydrogens is 376 g/mol. The molecule has 27 heavy (non-hydrogen) atoms. The van der Waals surface area contributed by atoms with Crippen LogP contribution in [0.3, 0.4) is 0 Å². The van der Waals surface area contributed by atoms with Crippen LogP contribution in [0.1, 0.15) is 10.4 Å². The molecule has 0 heterocycles. The van der Waals surface area contributed by atoms with Gasteiger partial charge < -0.3 is 30.0 Å². The van der Waals surface area contributed by atoms with Crippen LogP contribution in [0.25, 0.3) is 0 Å². The van der Waals surface area contributed by atoms with Gasteiger partial charge >= 0.3 is 0 Å². The molecule has 0 fully saturated rings. The van der Waals surface area contributed by atoms with Gasteiger partial charge in [-0.25, -0.2) is 0 Å². The molecule has 9 heteroatoms. The van der Waals surface area contributed by atoms with Gasteiger partial charge in [-0.15, -0.1) is 0 Å². The molecule has 0 unspecified atom stereocenters. The third kappa shape index (κ3) is 4.95. The Morgan fingerprint density at radius 2 is 1.70 bits per heavy atom. The molecule has 0 aromatic heterocycles. The van der Waals surface area contributed by atoms with Gasteiger partial charge in [0.1, 0.15) is 0 Å². The summed E-state index contributed by atoms with van der Waals surface area (Å²) < 4.78 is 20.8. The summed E-state index contributed by atoms with van der Waals surface area (Å²) in [7, 11) is 4.35. The van der Waals surface area contributed by atoms with E-state index in [1.54, 1.807) is 12.1 Å². The maximum Gasteiger partial charge on any atom is 0.255 e. The Morgan fingerprint density at radius 1 is 1.00 bits per heavy atom. The summed E-state index contributed by atoms with van der Waals surface area (Å²) >= 11 is 6.13. The summed E-state index contributed by atoms with van der Waals surface area (Å²) in [5, 5.41) is 2.95. The minimum absolute atomic E-state index is 0.238. The molecule has 0 aliphatic rings. The van der Waals surface area contributed by atoms with Crippen molar-refractivity contribution < 1.29 is 28.5 Å². The van der Waals surface area contributed by atoms with Crippen LogP contribution in [0.4, 0.5) is 5.69 Å². The Hall–Kier alpha value is -3.13. The molecule has 0 atom stereocenters. The lowest BCUT2D eigenvalue weighted by Crippen LogP contribution is -2.20. The molecule has 0 saturated heterocycles. The van der Waals surface area contributed by atoms with E-state index in [1.807, 2.05) is 0 Å². The lowest BCUT2D eigenvalue weighted by Gasteiger charge is -2.13. The fourth-order valence-corrected chi connectivity index (χ4v) is 2.56. The summed E-state index contributed by atoms with van der Waals surface area (Å²) in [6.07, 6.45) is 0. The molecule has 2 rings (SSSR count). The Morgan fingerprint density at radius 3 is 2.30 bits per heavy atom. The normalized spacial score (nSPS) is 10.1. The molecule has 144 valence electrons. The highest BCUT2D eigenvalue weighted by Gasteiger charge is 2.16. The number of rotatable bonds is 8. The van der Waals surface area contributed by atoms with Crippen molar-refractivity contribution in [2.75, 3.05) is 33.3 Å². The Balaban J connectivity index is 2.26. The van der Waals surface area contributed by atoms with E-state index in [4.69, 9.17) is 36.3 Å². The average molecular weight is 395 g/mol. The topological polar surface area (TPSA) is 109 Å². The molecule has 2 amide bonds. The molecule has 3 N–H and O–H groups in total. The first-order chi connectivity index (χ1) is 12.9. The third-order valence-corrected chi connectivity index (χ3v) is 3.77. The minimum atomic E-state index is -0.633. The second-order valence-corrected chi connectivity index (χ2v) is 5.68. The predicted molar refractivity (Wildman–Crippen MR) is 100 cm³/mol. The van der Waals surface area contributed by atoms with Crippen LogP contribution in [0, 0.1) is 0 Å². The van der Waals surface area contributed by atoms with E-state index < -0.39 is 11.8 Å². The maximum absolute atomic E-state index is 12.6. The summed E-state index contributed by atoms with van der Waals surface area (Å²) in [4.78, 5) is 23.5. The predicted octanol–water partition coefficient (Wildman–Crippen LogP) is 2.48. The number of hydrogen-bond acceptors (Lipinski definition) is 6. The van der Waals surface area contributed by atoms with Crippen LogP contribution < -0.4 is 30.0 Å². The lowest BCUT2D eigenvalue weighted by molar-refractivity contribution is -0.119. The summed E-state index contributed by atoms with van der Waals surface area (Å²) in [6, 6.07) is 7.70. The van der Waals surface area contributed by atoms with Crippen LogP contribution in [0.5, 0.6) is 23.0 Å². The summed E-state index contributed by atoms with van der Waals surface area (Å²) in [5.74, 6) is 0.260. The number of primary amides is 1. The Kier molecular flexibility index (Phi) is 6.73. The molecule has 0 spiro atoms. The van der Waals surface area contributed by atoms with Gasteiger partial charge in [0.2, 0.25) is 0 Å². The number of hydrogen-bond donors (Lipinski definition) is 2. The first-order valence-corrected chi connectivity index (χ1v) is 8.09. The SMILES string of the molecule is COc1ccc(NC(=O)c2cc(Cl)c(OC)c(OC)c2)cc1OCC(N)=O. The van der Waals surface area contributed by atoms with Gasteiger partial charge in [0.05, 0.1) is 26.4 Å². The van der Waals surface area contributed by atoms with Gasteiger partial charge in [-0.2, -0.15) is 0 Å². The van der Waals surface area contributed by atoms with Crippen LogP contribution in [0.15, 0.2) is 30.3 Å². The molecule has 0 aliphatic carbocycles. The van der Waals surface area contributed by atoms with Gasteiger partial charge in [0.25, 0.3) is 11.8 Å². The van der Waals surface area contributed by atoms with Crippen molar-refractivity contribution >= 4 is 29.1 Å². The minimum Gasteiger partial charge on any atom is -0.493 e. The van der Waals surface area contributed by atoms with E-state index in [0.29, 0.717) is 22.9 Å². The van der Waals surface area contributed by atoms with Crippen molar-refractivity contribution in [3.8, 4) is 23.0 Å². The molecule has 0 bridgehead atoms. The van der Waals surface area contributed by atoms with Gasteiger partial charge in [-0.1, -0.05) is 11.6 Å². The molecule has 0 radical (unpaired) electrons. The third-order valence-electron chi connectivity index (χ3n) is 3.49. The van der Waals surface area contributed by atoms with Crippen molar-refractivity contribution in [1.82, 2.24) is 0 Å². The fraction of sp³-hybridized carbons (Fsp3) is 0.222. The van der Waals surface area contributed by atoms with Crippen molar-refractivity contribution in [3.05, 3.63) is 40.9 Å². The fourth-order valence-electron chi connectivity index (χ4n) is 2.27. The molecule has 0 saturated carbocycles. The van der Waals surface area contributed by atoms with E-state index in [2.05, 4.69) is 5.32 Å². The Labute approximate surface area is 161 Å². The van der Waals surface area contributed by atoms with E-state index in [-0.39, 0.29) is 22.9 Å². The van der Waals surface area contributed by atoms with Gasteiger partial charge in [0, 0.05) is 17.3 Å². The molecule has 2 aromatic rings. The smallest absolute Gasteiger partial charge is 0.255 e. The first kappa shape index (κ1) is 20.2. The van der Waals surface area contributed by atoms with Crippen LogP contribution >= 0.6 is 11.6 Å². The second kappa shape index (κ2) is 9.00. The molecule has 0 aliphatic heterocycles. The zero-order valence-electron chi connectivity index (χ0n) is 15.0. The van der Waals surface area contributed by atoms with Crippen LogP contribution in [0.2, 0.25) is 5.02 Å². The van der Waals surface area contributed by atoms with Gasteiger partial charge in [-0.3, -0.25) is 9.59 Å². The maximum atomic E-state index is 12.6. The zero-order valence-corrected chi connectivity index (χ0v) is 15.8. The lowest BCUT2D eigenvalue weighted by atomic mass is 10.1. The zero-order chi connectivity index (χ0) is 20.0. The quantitative estimate of drug-likeness (QED) is 0.711. The molecular formula is C18H19ClN2O6. The standard InChI is InChI=1S/C18H19ClN2O6/c1-24-13-5-4-11(8-14(13)27-9-16(20)22)21-18(23)10-6-12(19)17(26-3)15(7-10)25-2/h4-8H,9H2,1-3H3,(H2,20,22)(H,21,23). The number of ether oxygens (including phenoxy) is 4. The summed E-state index contributed by atoms with van der Waals surface area (Å²) in [5.41, 5.74) is 5.78. The number of nitrogens with one attached hydrogen (secondary N) is 1. The number of carbonyl (C=O) groups excluding carboxylic acids is 2. The van der Waals surface area contributed by atoms with E-state index in [9.17, 15) is 9.59 Å². The van der Waals surface area contributed by atoms with Gasteiger partial charge in [0.15, 0.2) is 29.6 Å². The number of nitrogens with two attached hydrogens (primary N) is 1. The number of anilines is 1. The number of amides is 2. The highest BCUT2D eigenvalue weighted by Crippen LogP contribution is 2.36. The van der Waals surface area contributed by atoms with Crippen molar-refractivity contribution in [2.24, 2.45) is 5.73 Å². The number of benzene rings is 2. The van der Waals surface area contributed by atoms with E-state index >= 15 is 0 Å².